The number of nitrogens with one attached hydrogen (secondary N) is 1. The van der Waals surface area contributed by atoms with Crippen molar-refractivity contribution in [3.8, 4) is 5.75 Å². The monoisotopic (exact) mass is 330 g/mol. The molecule has 0 bridgehead atoms. The average molecular weight is 330 g/mol. The summed E-state index contributed by atoms with van der Waals surface area (Å²) in [6, 6.07) is 9.69. The van der Waals surface area contributed by atoms with Gasteiger partial charge in [0.1, 0.15) is 5.75 Å². The van der Waals surface area contributed by atoms with Crippen LogP contribution in [0.15, 0.2) is 41.1 Å². The normalized spacial score (nSPS) is 15.4. The fourth-order valence-corrected chi connectivity index (χ4v) is 3.67. The van der Waals surface area contributed by atoms with Crippen LogP contribution in [-0.4, -0.2) is 30.6 Å². The molecule has 2 amide bonds. The number of carbonyl (C=O) groups is 1. The van der Waals surface area contributed by atoms with Gasteiger partial charge in [0, 0.05) is 18.8 Å². The molecular weight excluding hydrogens is 308 g/mol. The number of benzene rings is 1. The van der Waals surface area contributed by atoms with Crippen molar-refractivity contribution in [3.05, 3.63) is 46.7 Å². The molecule has 0 spiro atoms. The van der Waals surface area contributed by atoms with Crippen molar-refractivity contribution in [1.29, 1.82) is 0 Å². The van der Waals surface area contributed by atoms with Gasteiger partial charge >= 0.3 is 6.03 Å². The van der Waals surface area contributed by atoms with Crippen LogP contribution in [0.2, 0.25) is 0 Å². The third-order valence-electron chi connectivity index (χ3n) is 4.21. The van der Waals surface area contributed by atoms with Gasteiger partial charge in [0.05, 0.1) is 6.61 Å². The minimum absolute atomic E-state index is 0.0158. The molecule has 1 aliphatic rings. The zero-order valence-electron chi connectivity index (χ0n) is 13.3. The Morgan fingerprint density at radius 1 is 1.26 bits per heavy atom. The Kier molecular flexibility index (Phi) is 5.18. The number of carbonyl (C=O) groups excluding carboxylic acids is 1. The first-order valence-corrected chi connectivity index (χ1v) is 9.01. The highest BCUT2D eigenvalue weighted by Gasteiger charge is 2.23. The van der Waals surface area contributed by atoms with E-state index in [1.165, 1.54) is 5.56 Å². The predicted molar refractivity (Wildman–Crippen MR) is 94.5 cm³/mol. The second-order valence-electron chi connectivity index (χ2n) is 5.71. The van der Waals surface area contributed by atoms with Crippen LogP contribution in [0.3, 0.4) is 0 Å². The second kappa shape index (κ2) is 7.51. The first-order valence-electron chi connectivity index (χ1n) is 8.07. The van der Waals surface area contributed by atoms with E-state index in [9.17, 15) is 4.79 Å². The van der Waals surface area contributed by atoms with Gasteiger partial charge in [-0.25, -0.2) is 4.79 Å². The van der Waals surface area contributed by atoms with Gasteiger partial charge in [-0.15, -0.1) is 0 Å². The number of nitrogens with zero attached hydrogens (tertiary/aromatic N) is 1. The van der Waals surface area contributed by atoms with Gasteiger partial charge < -0.3 is 15.0 Å². The number of ether oxygens (including phenoxy) is 1. The molecule has 1 aromatic carbocycles. The Bertz CT molecular complexity index is 617. The Morgan fingerprint density at radius 3 is 2.61 bits per heavy atom. The molecule has 4 nitrogen and oxygen atoms in total. The molecule has 1 aliphatic heterocycles. The summed E-state index contributed by atoms with van der Waals surface area (Å²) in [5.74, 6) is 1.41. The van der Waals surface area contributed by atoms with Gasteiger partial charge in [-0.2, -0.15) is 11.3 Å². The van der Waals surface area contributed by atoms with Crippen molar-refractivity contribution in [2.24, 2.45) is 0 Å². The van der Waals surface area contributed by atoms with Gasteiger partial charge in [0.2, 0.25) is 0 Å². The fraction of sp³-hybridized carbons (Fsp3) is 0.389. The highest BCUT2D eigenvalue weighted by atomic mass is 32.1. The lowest BCUT2D eigenvalue weighted by molar-refractivity contribution is 0.194. The number of urea groups is 1. The van der Waals surface area contributed by atoms with Crippen LogP contribution < -0.4 is 10.1 Å². The standard InChI is InChI=1S/C18H22N2O2S/c1-2-22-17-5-3-16(4-6-17)19-18(21)20-10-7-14(8-11-20)15-9-12-23-13-15/h3-6,9,12-14H,2,7-8,10-11H2,1H3,(H,19,21). The lowest BCUT2D eigenvalue weighted by Gasteiger charge is -2.31. The molecule has 0 unspecified atom stereocenters. The van der Waals surface area contributed by atoms with Crippen molar-refractivity contribution in [3.63, 3.8) is 0 Å². The summed E-state index contributed by atoms with van der Waals surface area (Å²) in [6.07, 6.45) is 2.07. The summed E-state index contributed by atoms with van der Waals surface area (Å²) in [6.45, 7) is 4.22. The molecule has 3 rings (SSSR count). The molecule has 23 heavy (non-hydrogen) atoms. The van der Waals surface area contributed by atoms with Crippen molar-refractivity contribution in [2.75, 3.05) is 25.0 Å². The number of amides is 2. The van der Waals surface area contributed by atoms with Gasteiger partial charge in [0.25, 0.3) is 0 Å². The summed E-state index contributed by atoms with van der Waals surface area (Å²) < 4.78 is 5.41. The van der Waals surface area contributed by atoms with E-state index in [0.717, 1.165) is 37.4 Å². The highest BCUT2D eigenvalue weighted by Crippen LogP contribution is 2.29. The zero-order chi connectivity index (χ0) is 16.1. The maximum atomic E-state index is 12.4. The third-order valence-corrected chi connectivity index (χ3v) is 4.91. The van der Waals surface area contributed by atoms with E-state index in [1.54, 1.807) is 11.3 Å². The first-order chi connectivity index (χ1) is 11.3. The molecule has 0 aliphatic carbocycles. The number of hydrogen-bond acceptors (Lipinski definition) is 3. The smallest absolute Gasteiger partial charge is 0.321 e. The van der Waals surface area contributed by atoms with E-state index < -0.39 is 0 Å². The van der Waals surface area contributed by atoms with Crippen LogP contribution in [0.1, 0.15) is 31.2 Å². The summed E-state index contributed by atoms with van der Waals surface area (Å²) in [7, 11) is 0. The number of rotatable bonds is 4. The number of piperidine rings is 1. The van der Waals surface area contributed by atoms with Crippen molar-refractivity contribution >= 4 is 23.1 Å². The lowest BCUT2D eigenvalue weighted by Crippen LogP contribution is -2.40. The van der Waals surface area contributed by atoms with Gasteiger partial charge in [0.15, 0.2) is 0 Å². The summed E-state index contributed by atoms with van der Waals surface area (Å²) in [4.78, 5) is 14.3. The number of anilines is 1. The predicted octanol–water partition coefficient (Wildman–Crippen LogP) is 4.56. The average Bonchev–Trinajstić information content (AvgIpc) is 3.11. The highest BCUT2D eigenvalue weighted by molar-refractivity contribution is 7.07. The molecule has 0 radical (unpaired) electrons. The van der Waals surface area contributed by atoms with Crippen LogP contribution in [0, 0.1) is 0 Å². The van der Waals surface area contributed by atoms with Crippen molar-refractivity contribution in [1.82, 2.24) is 4.90 Å². The summed E-state index contributed by atoms with van der Waals surface area (Å²) in [5, 5.41) is 7.31. The lowest BCUT2D eigenvalue weighted by atomic mass is 9.91. The minimum atomic E-state index is -0.0158. The Balaban J connectivity index is 1.51. The largest absolute Gasteiger partial charge is 0.494 e. The molecule has 2 aromatic rings. The molecule has 1 aromatic heterocycles. The molecule has 122 valence electrons. The van der Waals surface area contributed by atoms with E-state index in [4.69, 9.17) is 4.74 Å². The van der Waals surface area contributed by atoms with E-state index in [2.05, 4.69) is 22.1 Å². The van der Waals surface area contributed by atoms with E-state index in [0.29, 0.717) is 12.5 Å². The quantitative estimate of drug-likeness (QED) is 0.893. The molecule has 1 saturated heterocycles. The van der Waals surface area contributed by atoms with Crippen LogP contribution in [0.25, 0.3) is 0 Å². The molecule has 5 heteroatoms. The molecular formula is C18H22N2O2S. The van der Waals surface area contributed by atoms with Crippen molar-refractivity contribution < 1.29 is 9.53 Å². The second-order valence-corrected chi connectivity index (χ2v) is 6.49. The van der Waals surface area contributed by atoms with Gasteiger partial charge in [-0.05, 0) is 72.3 Å². The van der Waals surface area contributed by atoms with Gasteiger partial charge in [-0.3, -0.25) is 0 Å². The minimum Gasteiger partial charge on any atom is -0.494 e. The number of likely N-dealkylation sites (tertiary alicyclic amines) is 1. The fourth-order valence-electron chi connectivity index (χ4n) is 2.93. The maximum Gasteiger partial charge on any atom is 0.321 e. The van der Waals surface area contributed by atoms with Crippen LogP contribution >= 0.6 is 11.3 Å². The van der Waals surface area contributed by atoms with Crippen molar-refractivity contribution in [2.45, 2.75) is 25.7 Å². The zero-order valence-corrected chi connectivity index (χ0v) is 14.1. The van der Waals surface area contributed by atoms with Crippen LogP contribution in [-0.2, 0) is 0 Å². The Labute approximate surface area is 141 Å². The topological polar surface area (TPSA) is 41.6 Å². The van der Waals surface area contributed by atoms with E-state index in [1.807, 2.05) is 36.1 Å². The summed E-state index contributed by atoms with van der Waals surface area (Å²) in [5.41, 5.74) is 2.22. The Morgan fingerprint density at radius 2 is 2.00 bits per heavy atom. The molecule has 0 atom stereocenters. The SMILES string of the molecule is CCOc1ccc(NC(=O)N2CCC(c3ccsc3)CC2)cc1. The van der Waals surface area contributed by atoms with E-state index in [-0.39, 0.29) is 6.03 Å². The Hall–Kier alpha value is -2.01. The molecule has 2 heterocycles. The van der Waals surface area contributed by atoms with Crippen LogP contribution in [0.4, 0.5) is 10.5 Å². The maximum absolute atomic E-state index is 12.4. The number of thiophene rings is 1. The van der Waals surface area contributed by atoms with Gasteiger partial charge in [-0.1, -0.05) is 0 Å². The molecule has 0 saturated carbocycles. The first kappa shape index (κ1) is 15.9. The summed E-state index contributed by atoms with van der Waals surface area (Å²) >= 11 is 1.74. The molecule has 1 N–H and O–H groups in total. The third kappa shape index (κ3) is 4.05. The van der Waals surface area contributed by atoms with Crippen LogP contribution in [0.5, 0.6) is 5.75 Å². The van der Waals surface area contributed by atoms with E-state index >= 15 is 0 Å². The number of hydrogen-bond donors (Lipinski definition) is 1. The molecule has 1 fully saturated rings.